The highest BCUT2D eigenvalue weighted by molar-refractivity contribution is 7.89. The Morgan fingerprint density at radius 3 is 2.23 bits per heavy atom. The average Bonchev–Trinajstić information content (AvgIpc) is 3.49. The van der Waals surface area contributed by atoms with Crippen molar-refractivity contribution in [3.63, 3.8) is 0 Å². The van der Waals surface area contributed by atoms with Crippen molar-refractivity contribution in [3.05, 3.63) is 48.7 Å². The van der Waals surface area contributed by atoms with Gasteiger partial charge in [-0.25, -0.2) is 22.8 Å². The van der Waals surface area contributed by atoms with Crippen molar-refractivity contribution in [1.29, 1.82) is 0 Å². The highest BCUT2D eigenvalue weighted by Crippen LogP contribution is 2.35. The van der Waals surface area contributed by atoms with E-state index in [4.69, 9.17) is 0 Å². The first-order chi connectivity index (χ1) is 12.6. The average molecular weight is 376 g/mol. The van der Waals surface area contributed by atoms with E-state index in [0.717, 1.165) is 31.5 Å². The molecule has 2 fully saturated rings. The Morgan fingerprint density at radius 1 is 1.00 bits per heavy atom. The van der Waals surface area contributed by atoms with Crippen LogP contribution in [-0.4, -0.2) is 47.9 Å². The molecule has 0 atom stereocenters. The minimum absolute atomic E-state index is 0.146. The molecule has 2 aliphatic rings. The third kappa shape index (κ3) is 3.43. The molecule has 0 radical (unpaired) electrons. The van der Waals surface area contributed by atoms with Crippen molar-refractivity contribution in [2.45, 2.75) is 42.7 Å². The van der Waals surface area contributed by atoms with Gasteiger partial charge < -0.3 is 4.90 Å². The quantitative estimate of drug-likeness (QED) is 0.802. The summed E-state index contributed by atoms with van der Waals surface area (Å²) in [6, 6.07) is 7.71. The van der Waals surface area contributed by atoms with Gasteiger partial charge >= 0.3 is 0 Å². The number of nitrogens with zero attached hydrogens (tertiary/aromatic N) is 4. The van der Waals surface area contributed by atoms with E-state index < -0.39 is 15.8 Å². The molecule has 26 heavy (non-hydrogen) atoms. The summed E-state index contributed by atoms with van der Waals surface area (Å²) >= 11 is 0. The SMILES string of the molecule is O=S(=O)(c1ccc(F)cc1)N1CCC(N(c2ccncn2)C2CC2)CC1. The highest BCUT2D eigenvalue weighted by Gasteiger charge is 2.38. The molecule has 1 aromatic carbocycles. The predicted octanol–water partition coefficient (Wildman–Crippen LogP) is 2.44. The Bertz CT molecular complexity index is 849. The molecule has 0 spiro atoms. The minimum atomic E-state index is -3.57. The third-order valence-electron chi connectivity index (χ3n) is 5.04. The Morgan fingerprint density at radius 2 is 1.65 bits per heavy atom. The van der Waals surface area contributed by atoms with Crippen LogP contribution in [0.5, 0.6) is 0 Å². The number of hydrogen-bond donors (Lipinski definition) is 0. The largest absolute Gasteiger partial charge is 0.350 e. The van der Waals surface area contributed by atoms with Gasteiger partial charge in [0, 0.05) is 31.4 Å². The number of halogens is 1. The second-order valence-electron chi connectivity index (χ2n) is 6.80. The molecular formula is C18H21FN4O2S. The Labute approximate surface area is 152 Å². The van der Waals surface area contributed by atoms with Crippen LogP contribution in [0.15, 0.2) is 47.8 Å². The van der Waals surface area contributed by atoms with E-state index in [9.17, 15) is 12.8 Å². The number of rotatable bonds is 5. The van der Waals surface area contributed by atoms with Crippen molar-refractivity contribution in [2.24, 2.45) is 0 Å². The molecule has 2 aromatic rings. The molecule has 2 heterocycles. The molecule has 1 aliphatic heterocycles. The van der Waals surface area contributed by atoms with Crippen LogP contribution in [0.4, 0.5) is 10.2 Å². The lowest BCUT2D eigenvalue weighted by atomic mass is 10.0. The van der Waals surface area contributed by atoms with E-state index in [2.05, 4.69) is 14.9 Å². The van der Waals surface area contributed by atoms with Crippen LogP contribution in [0.2, 0.25) is 0 Å². The van der Waals surface area contributed by atoms with Crippen LogP contribution in [0.3, 0.4) is 0 Å². The Kier molecular flexibility index (Phi) is 4.62. The van der Waals surface area contributed by atoms with E-state index in [1.165, 1.54) is 28.6 Å². The lowest BCUT2D eigenvalue weighted by Gasteiger charge is -2.38. The van der Waals surface area contributed by atoms with E-state index in [0.29, 0.717) is 19.1 Å². The van der Waals surface area contributed by atoms with Crippen LogP contribution in [0, 0.1) is 5.82 Å². The van der Waals surface area contributed by atoms with Gasteiger partial charge in [0.05, 0.1) is 4.90 Å². The number of anilines is 1. The molecule has 1 aromatic heterocycles. The van der Waals surface area contributed by atoms with Crippen molar-refractivity contribution in [2.75, 3.05) is 18.0 Å². The molecule has 1 saturated carbocycles. The molecular weight excluding hydrogens is 355 g/mol. The summed E-state index contributed by atoms with van der Waals surface area (Å²) in [6.45, 7) is 0.914. The van der Waals surface area contributed by atoms with Gasteiger partial charge in [0.1, 0.15) is 18.0 Å². The van der Waals surface area contributed by atoms with Gasteiger partial charge in [-0.05, 0) is 56.0 Å². The Hall–Kier alpha value is -2.06. The maximum atomic E-state index is 13.1. The lowest BCUT2D eigenvalue weighted by molar-refractivity contribution is 0.308. The molecule has 8 heteroatoms. The van der Waals surface area contributed by atoms with E-state index >= 15 is 0 Å². The minimum Gasteiger partial charge on any atom is -0.350 e. The summed E-state index contributed by atoms with van der Waals surface area (Å²) in [5, 5.41) is 0. The smallest absolute Gasteiger partial charge is 0.243 e. The number of hydrogen-bond acceptors (Lipinski definition) is 5. The van der Waals surface area contributed by atoms with Gasteiger partial charge in [-0.3, -0.25) is 0 Å². The van der Waals surface area contributed by atoms with E-state index in [1.807, 2.05) is 6.07 Å². The van der Waals surface area contributed by atoms with Gasteiger partial charge in [0.15, 0.2) is 0 Å². The van der Waals surface area contributed by atoms with Crippen LogP contribution in [-0.2, 0) is 10.0 Å². The third-order valence-corrected chi connectivity index (χ3v) is 6.95. The maximum absolute atomic E-state index is 13.1. The second-order valence-corrected chi connectivity index (χ2v) is 8.73. The number of benzene rings is 1. The monoisotopic (exact) mass is 376 g/mol. The van der Waals surface area contributed by atoms with Crippen molar-refractivity contribution in [3.8, 4) is 0 Å². The van der Waals surface area contributed by atoms with Gasteiger partial charge in [-0.15, -0.1) is 0 Å². The van der Waals surface area contributed by atoms with Gasteiger partial charge in [0.2, 0.25) is 10.0 Å². The van der Waals surface area contributed by atoms with Gasteiger partial charge in [-0.2, -0.15) is 4.31 Å². The number of sulfonamides is 1. The van der Waals surface area contributed by atoms with Crippen molar-refractivity contribution in [1.82, 2.24) is 14.3 Å². The lowest BCUT2D eigenvalue weighted by Crippen LogP contribution is -2.48. The topological polar surface area (TPSA) is 66.4 Å². The maximum Gasteiger partial charge on any atom is 0.243 e. The summed E-state index contributed by atoms with van der Waals surface area (Å²) in [4.78, 5) is 10.9. The fourth-order valence-corrected chi connectivity index (χ4v) is 5.05. The molecule has 1 saturated heterocycles. The van der Waals surface area contributed by atoms with E-state index in [1.54, 1.807) is 12.5 Å². The van der Waals surface area contributed by atoms with Gasteiger partial charge in [-0.1, -0.05) is 0 Å². The predicted molar refractivity (Wildman–Crippen MR) is 95.7 cm³/mol. The summed E-state index contributed by atoms with van der Waals surface area (Å²) in [7, 11) is -3.57. The fourth-order valence-electron chi connectivity index (χ4n) is 3.58. The first kappa shape index (κ1) is 17.4. The Balaban J connectivity index is 1.47. The molecule has 0 unspecified atom stereocenters. The first-order valence-corrected chi connectivity index (χ1v) is 10.3. The molecule has 4 rings (SSSR count). The van der Waals surface area contributed by atoms with Crippen molar-refractivity contribution >= 4 is 15.8 Å². The standard InChI is InChI=1S/C18H21FN4O2S/c19-14-1-5-17(6-2-14)26(24,25)22-11-8-16(9-12-22)23(15-3-4-15)18-7-10-20-13-21-18/h1-2,5-7,10,13,15-16H,3-4,8-9,11-12H2. The first-order valence-electron chi connectivity index (χ1n) is 8.86. The molecule has 1 aliphatic carbocycles. The second kappa shape index (κ2) is 6.92. The molecule has 0 N–H and O–H groups in total. The molecule has 6 nitrogen and oxygen atoms in total. The van der Waals surface area contributed by atoms with Crippen molar-refractivity contribution < 1.29 is 12.8 Å². The summed E-state index contributed by atoms with van der Waals surface area (Å²) in [5.41, 5.74) is 0. The van der Waals surface area contributed by atoms with Crippen LogP contribution in [0.1, 0.15) is 25.7 Å². The normalized spacial score (nSPS) is 19.4. The highest BCUT2D eigenvalue weighted by atomic mass is 32.2. The molecule has 0 amide bonds. The number of piperidine rings is 1. The summed E-state index contributed by atoms with van der Waals surface area (Å²) < 4.78 is 40.1. The fraction of sp³-hybridized carbons (Fsp3) is 0.444. The molecule has 0 bridgehead atoms. The zero-order valence-corrected chi connectivity index (χ0v) is 15.1. The van der Waals surface area contributed by atoms with Gasteiger partial charge in [0.25, 0.3) is 0 Å². The zero-order valence-electron chi connectivity index (χ0n) is 14.3. The van der Waals surface area contributed by atoms with Crippen LogP contribution >= 0.6 is 0 Å². The number of aromatic nitrogens is 2. The van der Waals surface area contributed by atoms with E-state index in [-0.39, 0.29) is 10.9 Å². The van der Waals surface area contributed by atoms with Crippen LogP contribution in [0.25, 0.3) is 0 Å². The summed E-state index contributed by atoms with van der Waals surface area (Å²) in [6.07, 6.45) is 7.10. The zero-order chi connectivity index (χ0) is 18.1. The molecule has 138 valence electrons. The van der Waals surface area contributed by atoms with Crippen LogP contribution < -0.4 is 4.90 Å². The summed E-state index contributed by atoms with van der Waals surface area (Å²) in [5.74, 6) is 0.481.